The number of hydrogen-bond donors (Lipinski definition) is 2. The van der Waals surface area contributed by atoms with Crippen LogP contribution in [0.3, 0.4) is 0 Å². The van der Waals surface area contributed by atoms with Gasteiger partial charge >= 0.3 is 5.97 Å². The topological polar surface area (TPSA) is 86.3 Å². The van der Waals surface area contributed by atoms with Crippen molar-refractivity contribution in [3.8, 4) is 0 Å². The number of aromatic nitrogens is 2. The number of amides is 1. The van der Waals surface area contributed by atoms with E-state index in [9.17, 15) is 23.5 Å². The Hall–Kier alpha value is -2.51. The number of likely N-dealkylation sites (tertiary alicyclic amines) is 1. The van der Waals surface area contributed by atoms with Crippen molar-refractivity contribution >= 4 is 22.8 Å². The van der Waals surface area contributed by atoms with Crippen molar-refractivity contribution in [3.63, 3.8) is 0 Å². The number of benzene rings is 1. The van der Waals surface area contributed by atoms with Crippen LogP contribution < -0.4 is 0 Å². The van der Waals surface area contributed by atoms with Crippen LogP contribution in [-0.4, -0.2) is 50.6 Å². The molecule has 2 aromatic rings. The number of aliphatic carboxylic acids is 1. The zero-order valence-electron chi connectivity index (χ0n) is 19.1. The van der Waals surface area contributed by atoms with Crippen LogP contribution >= 0.6 is 0 Å². The second-order valence-corrected chi connectivity index (χ2v) is 10.8. The van der Waals surface area contributed by atoms with Gasteiger partial charge in [-0.25, -0.2) is 8.78 Å². The van der Waals surface area contributed by atoms with Crippen LogP contribution in [0.25, 0.3) is 10.9 Å². The smallest absolute Gasteiger partial charge is 0.306 e. The molecule has 1 aliphatic heterocycles. The molecule has 8 heteroatoms. The molecule has 3 aliphatic rings. The number of carboxylic acid groups (broad SMARTS) is 1. The minimum absolute atomic E-state index is 0.00646. The fourth-order valence-corrected chi connectivity index (χ4v) is 6.30. The third-order valence-electron chi connectivity index (χ3n) is 8.06. The van der Waals surface area contributed by atoms with Crippen molar-refractivity contribution in [1.82, 2.24) is 15.1 Å². The number of fused-ring (bicyclic) bond motifs is 2. The number of rotatable bonds is 5. The highest BCUT2D eigenvalue weighted by Crippen LogP contribution is 2.57. The molecule has 4 unspecified atom stereocenters. The van der Waals surface area contributed by atoms with Gasteiger partial charge in [-0.2, -0.15) is 5.10 Å². The Morgan fingerprint density at radius 3 is 2.70 bits per heavy atom. The molecule has 0 bridgehead atoms. The lowest BCUT2D eigenvalue weighted by atomic mass is 9.71. The summed E-state index contributed by atoms with van der Waals surface area (Å²) in [7, 11) is 0. The fraction of sp³-hybridized carbons (Fsp3) is 0.640. The Bertz CT molecular complexity index is 1100. The molecule has 0 radical (unpaired) electrons. The minimum Gasteiger partial charge on any atom is -0.481 e. The average molecular weight is 460 g/mol. The average Bonchev–Trinajstić information content (AvgIpc) is 3.18. The Kier molecular flexibility index (Phi) is 5.25. The molecule has 2 heterocycles. The molecule has 2 saturated carbocycles. The molecule has 3 fully saturated rings. The van der Waals surface area contributed by atoms with Gasteiger partial charge in [0.1, 0.15) is 0 Å². The normalized spacial score (nSPS) is 29.0. The minimum atomic E-state index is -2.69. The van der Waals surface area contributed by atoms with Crippen molar-refractivity contribution < 1.29 is 23.5 Å². The molecular weight excluding hydrogens is 428 g/mol. The first-order valence-corrected chi connectivity index (χ1v) is 12.0. The molecular formula is C25H31F2N3O3. The highest BCUT2D eigenvalue weighted by atomic mass is 19.3. The van der Waals surface area contributed by atoms with Crippen LogP contribution in [0, 0.1) is 11.8 Å². The van der Waals surface area contributed by atoms with Crippen LogP contribution in [0.4, 0.5) is 8.78 Å². The van der Waals surface area contributed by atoms with Gasteiger partial charge in [0, 0.05) is 36.2 Å². The third-order valence-corrected chi connectivity index (χ3v) is 8.06. The van der Waals surface area contributed by atoms with Gasteiger partial charge < -0.3 is 10.0 Å². The van der Waals surface area contributed by atoms with E-state index in [-0.39, 0.29) is 36.6 Å². The monoisotopic (exact) mass is 459 g/mol. The number of carboxylic acids is 1. The highest BCUT2D eigenvalue weighted by Gasteiger charge is 2.58. The van der Waals surface area contributed by atoms with Crippen molar-refractivity contribution in [2.24, 2.45) is 11.8 Å². The molecule has 33 heavy (non-hydrogen) atoms. The Morgan fingerprint density at radius 1 is 1.24 bits per heavy atom. The molecule has 1 aromatic heterocycles. The standard InChI is InChI=1S/C25H31F2N3O3/c1-24(2,22-21-16(17-12-25(17,26)27)7-3-9-18(21)28-29-22)13-20(31)30-11-5-8-14-15(23(32)33)6-4-10-19(14)30/h3,7,9,14-15,17,19H,4-6,8,10-13H2,1-2H3,(H,28,29)(H,32,33). The number of hydrogen-bond acceptors (Lipinski definition) is 3. The van der Waals surface area contributed by atoms with E-state index in [1.165, 1.54) is 0 Å². The summed E-state index contributed by atoms with van der Waals surface area (Å²) in [6, 6.07) is 5.31. The zero-order chi connectivity index (χ0) is 23.5. The van der Waals surface area contributed by atoms with Gasteiger partial charge in [-0.1, -0.05) is 32.4 Å². The summed E-state index contributed by atoms with van der Waals surface area (Å²) in [6.07, 6.45) is 4.03. The summed E-state index contributed by atoms with van der Waals surface area (Å²) in [5, 5.41) is 17.8. The molecule has 4 atom stereocenters. The van der Waals surface area contributed by atoms with E-state index in [2.05, 4.69) is 10.2 Å². The molecule has 178 valence electrons. The highest BCUT2D eigenvalue weighted by molar-refractivity contribution is 5.88. The van der Waals surface area contributed by atoms with Crippen molar-refractivity contribution in [3.05, 3.63) is 29.5 Å². The molecule has 2 N–H and O–H groups in total. The van der Waals surface area contributed by atoms with Crippen molar-refractivity contribution in [1.29, 1.82) is 0 Å². The van der Waals surface area contributed by atoms with Gasteiger partial charge in [-0.05, 0) is 43.2 Å². The summed E-state index contributed by atoms with van der Waals surface area (Å²) in [4.78, 5) is 27.2. The lowest BCUT2D eigenvalue weighted by Gasteiger charge is -2.47. The van der Waals surface area contributed by atoms with Gasteiger partial charge in [-0.3, -0.25) is 14.7 Å². The zero-order valence-corrected chi connectivity index (χ0v) is 19.1. The maximum Gasteiger partial charge on any atom is 0.306 e. The lowest BCUT2D eigenvalue weighted by molar-refractivity contribution is -0.152. The van der Waals surface area contributed by atoms with E-state index in [4.69, 9.17) is 0 Å². The van der Waals surface area contributed by atoms with Crippen LogP contribution in [0.5, 0.6) is 0 Å². The molecule has 1 saturated heterocycles. The van der Waals surface area contributed by atoms with Gasteiger partial charge in [0.15, 0.2) is 0 Å². The first kappa shape index (κ1) is 22.3. The third kappa shape index (κ3) is 3.81. The van der Waals surface area contributed by atoms with E-state index in [1.54, 1.807) is 12.1 Å². The largest absolute Gasteiger partial charge is 0.481 e. The first-order chi connectivity index (χ1) is 15.6. The molecule has 5 rings (SSSR count). The molecule has 1 aromatic carbocycles. The summed E-state index contributed by atoms with van der Waals surface area (Å²) in [5.74, 6) is -4.63. The van der Waals surface area contributed by atoms with Gasteiger partial charge in [0.2, 0.25) is 5.91 Å². The summed E-state index contributed by atoms with van der Waals surface area (Å²) in [5.41, 5.74) is 1.28. The van der Waals surface area contributed by atoms with E-state index in [0.29, 0.717) is 35.1 Å². The predicted molar refractivity (Wildman–Crippen MR) is 119 cm³/mol. The fourth-order valence-electron chi connectivity index (χ4n) is 6.30. The Morgan fingerprint density at radius 2 is 2.00 bits per heavy atom. The van der Waals surface area contributed by atoms with Crippen LogP contribution in [0.2, 0.25) is 0 Å². The Balaban J connectivity index is 1.41. The number of H-pyrrole nitrogens is 1. The van der Waals surface area contributed by atoms with Crippen molar-refractivity contribution in [2.45, 2.75) is 82.1 Å². The number of carbonyl (C=O) groups excluding carboxylic acids is 1. The van der Waals surface area contributed by atoms with Gasteiger partial charge in [0.05, 0.1) is 23.0 Å². The van der Waals surface area contributed by atoms with Crippen LogP contribution in [-0.2, 0) is 15.0 Å². The Labute approximate surface area is 191 Å². The van der Waals surface area contributed by atoms with Crippen LogP contribution in [0.1, 0.15) is 76.0 Å². The number of nitrogens with zero attached hydrogens (tertiary/aromatic N) is 2. The molecule has 2 aliphatic carbocycles. The molecule has 0 spiro atoms. The van der Waals surface area contributed by atoms with E-state index in [0.717, 1.165) is 25.7 Å². The summed E-state index contributed by atoms with van der Waals surface area (Å²) in [6.45, 7) is 4.51. The number of piperidine rings is 1. The van der Waals surface area contributed by atoms with Gasteiger partial charge in [-0.15, -0.1) is 0 Å². The predicted octanol–water partition coefficient (Wildman–Crippen LogP) is 4.85. The van der Waals surface area contributed by atoms with E-state index in [1.807, 2.05) is 24.8 Å². The maximum atomic E-state index is 13.9. The first-order valence-electron chi connectivity index (χ1n) is 12.0. The van der Waals surface area contributed by atoms with Gasteiger partial charge in [0.25, 0.3) is 5.92 Å². The maximum absolute atomic E-state index is 13.9. The van der Waals surface area contributed by atoms with Crippen molar-refractivity contribution in [2.75, 3.05) is 6.54 Å². The second-order valence-electron chi connectivity index (χ2n) is 10.8. The number of alkyl halides is 2. The number of nitrogens with one attached hydrogen (secondary N) is 1. The quantitative estimate of drug-likeness (QED) is 0.670. The summed E-state index contributed by atoms with van der Waals surface area (Å²) < 4.78 is 27.8. The van der Waals surface area contributed by atoms with E-state index < -0.39 is 23.2 Å². The second kappa shape index (κ2) is 7.77. The lowest BCUT2D eigenvalue weighted by Crippen LogP contribution is -2.54. The number of halogens is 2. The number of aromatic amines is 1. The summed E-state index contributed by atoms with van der Waals surface area (Å²) >= 11 is 0. The number of carbonyl (C=O) groups is 2. The molecule has 6 nitrogen and oxygen atoms in total. The SMILES string of the molecule is CC(C)(CC(=O)N1CCCC2C(C(=O)O)CCCC21)c1n[nH]c2cccc(C3CC3(F)F)c12. The van der Waals surface area contributed by atoms with Crippen LogP contribution in [0.15, 0.2) is 18.2 Å². The molecule has 1 amide bonds. The van der Waals surface area contributed by atoms with E-state index >= 15 is 0 Å².